The van der Waals surface area contributed by atoms with Crippen LogP contribution in [0.2, 0.25) is 0 Å². The number of carbonyl (C=O) groups excluding carboxylic acids is 1. The van der Waals surface area contributed by atoms with E-state index in [1.165, 1.54) is 5.39 Å². The molecule has 1 saturated heterocycles. The molecule has 1 aromatic heterocycles. The zero-order valence-electron chi connectivity index (χ0n) is 21.2. The van der Waals surface area contributed by atoms with Crippen molar-refractivity contribution in [3.8, 4) is 0 Å². The number of nitrogens with zero attached hydrogens (tertiary/aromatic N) is 4. The molecule has 0 saturated carbocycles. The van der Waals surface area contributed by atoms with E-state index in [0.717, 1.165) is 61.6 Å². The van der Waals surface area contributed by atoms with Crippen LogP contribution in [0.4, 0.5) is 5.82 Å². The quantitative estimate of drug-likeness (QED) is 0.382. The second-order valence-corrected chi connectivity index (χ2v) is 9.78. The number of pyridine rings is 1. The molecule has 0 unspecified atom stereocenters. The summed E-state index contributed by atoms with van der Waals surface area (Å²) in [6.07, 6.45) is 0.728. The molecule has 36 heavy (non-hydrogen) atoms. The number of anilines is 1. The second-order valence-electron chi connectivity index (χ2n) is 9.78. The monoisotopic (exact) mass is 478 g/mol. The van der Waals surface area contributed by atoms with Gasteiger partial charge in [0.2, 0.25) is 5.91 Å². The molecule has 4 aromatic rings. The zero-order chi connectivity index (χ0) is 25.0. The summed E-state index contributed by atoms with van der Waals surface area (Å²) < 4.78 is 0. The lowest BCUT2D eigenvalue weighted by molar-refractivity contribution is -0.133. The number of carbonyl (C=O) groups is 1. The van der Waals surface area contributed by atoms with Gasteiger partial charge in [0.25, 0.3) is 0 Å². The van der Waals surface area contributed by atoms with E-state index in [-0.39, 0.29) is 5.91 Å². The Balaban J connectivity index is 1.35. The van der Waals surface area contributed by atoms with Crippen LogP contribution >= 0.6 is 0 Å². The fraction of sp³-hybridized carbons (Fsp3) is 0.290. The van der Waals surface area contributed by atoms with E-state index in [1.54, 1.807) is 4.90 Å². The maximum absolute atomic E-state index is 13.9. The first kappa shape index (κ1) is 24.0. The molecule has 1 amide bonds. The van der Waals surface area contributed by atoms with E-state index in [1.807, 2.05) is 56.6 Å². The molecular formula is C31H34N4O. The van der Waals surface area contributed by atoms with Gasteiger partial charge in [0.15, 0.2) is 0 Å². The third kappa shape index (κ3) is 4.71. The van der Waals surface area contributed by atoms with Crippen LogP contribution < -0.4 is 4.90 Å². The van der Waals surface area contributed by atoms with E-state index in [2.05, 4.69) is 64.4 Å². The predicted molar refractivity (Wildman–Crippen MR) is 147 cm³/mol. The minimum Gasteiger partial charge on any atom is -0.354 e. The van der Waals surface area contributed by atoms with Gasteiger partial charge in [-0.05, 0) is 42.3 Å². The van der Waals surface area contributed by atoms with Gasteiger partial charge >= 0.3 is 0 Å². The molecule has 2 heterocycles. The first-order chi connectivity index (χ1) is 17.6. The summed E-state index contributed by atoms with van der Waals surface area (Å²) in [7, 11) is 3.72. The largest absolute Gasteiger partial charge is 0.354 e. The molecular weight excluding hydrogens is 444 g/mol. The minimum atomic E-state index is -0.719. The van der Waals surface area contributed by atoms with Crippen molar-refractivity contribution in [2.45, 2.75) is 11.8 Å². The number of para-hydroxylation sites is 1. The smallest absolute Gasteiger partial charge is 0.237 e. The van der Waals surface area contributed by atoms with Gasteiger partial charge in [0.05, 0.1) is 5.52 Å². The molecule has 0 radical (unpaired) electrons. The molecule has 0 aliphatic carbocycles. The average molecular weight is 479 g/mol. The first-order valence-electron chi connectivity index (χ1n) is 12.7. The van der Waals surface area contributed by atoms with E-state index < -0.39 is 5.41 Å². The van der Waals surface area contributed by atoms with Gasteiger partial charge in [-0.25, -0.2) is 4.98 Å². The lowest BCUT2D eigenvalue weighted by atomic mass is 9.70. The SMILES string of the molecule is CN(C)C(=O)C(CCN1CCN(c2ccc3ccccc3n2)CC1)(c1ccccc1)c1ccccc1. The third-order valence-electron chi connectivity index (χ3n) is 7.39. The highest BCUT2D eigenvalue weighted by atomic mass is 16.2. The van der Waals surface area contributed by atoms with Gasteiger partial charge in [0, 0.05) is 45.7 Å². The van der Waals surface area contributed by atoms with Gasteiger partial charge in [0.1, 0.15) is 11.2 Å². The minimum absolute atomic E-state index is 0.124. The number of aromatic nitrogens is 1. The molecule has 1 fully saturated rings. The van der Waals surface area contributed by atoms with Gasteiger partial charge in [-0.15, -0.1) is 0 Å². The highest BCUT2D eigenvalue weighted by Crippen LogP contribution is 2.38. The summed E-state index contributed by atoms with van der Waals surface area (Å²) in [5.41, 5.74) is 2.42. The van der Waals surface area contributed by atoms with Crippen LogP contribution in [-0.4, -0.2) is 67.5 Å². The Bertz CT molecular complexity index is 1260. The molecule has 5 heteroatoms. The number of piperazine rings is 1. The van der Waals surface area contributed by atoms with Crippen molar-refractivity contribution in [3.05, 3.63) is 108 Å². The molecule has 5 rings (SSSR count). The number of fused-ring (bicyclic) bond motifs is 1. The number of hydrogen-bond acceptors (Lipinski definition) is 4. The summed E-state index contributed by atoms with van der Waals surface area (Å²) in [5, 5.41) is 1.17. The maximum Gasteiger partial charge on any atom is 0.237 e. The van der Waals surface area contributed by atoms with Crippen LogP contribution in [0.1, 0.15) is 17.5 Å². The van der Waals surface area contributed by atoms with Gasteiger partial charge in [-0.3, -0.25) is 9.69 Å². The fourth-order valence-electron chi connectivity index (χ4n) is 5.39. The van der Waals surface area contributed by atoms with Gasteiger partial charge < -0.3 is 9.80 Å². The van der Waals surface area contributed by atoms with Crippen LogP contribution in [0.25, 0.3) is 10.9 Å². The van der Waals surface area contributed by atoms with Crippen LogP contribution in [0.3, 0.4) is 0 Å². The van der Waals surface area contributed by atoms with E-state index in [9.17, 15) is 4.79 Å². The molecule has 1 aliphatic heterocycles. The maximum atomic E-state index is 13.9. The standard InChI is InChI=1S/C31H34N4O/c1-33(2)30(36)31(26-12-5-3-6-13-26,27-14-7-4-8-15-27)19-20-34-21-23-35(24-22-34)29-18-17-25-11-9-10-16-28(25)32-29/h3-18H,19-24H2,1-2H3. The summed E-state index contributed by atoms with van der Waals surface area (Å²) in [6, 6.07) is 33.1. The second kappa shape index (κ2) is 10.5. The van der Waals surface area contributed by atoms with E-state index >= 15 is 0 Å². The van der Waals surface area contributed by atoms with E-state index in [4.69, 9.17) is 4.98 Å². The summed E-state index contributed by atoms with van der Waals surface area (Å²) in [4.78, 5) is 25.4. The third-order valence-corrected chi connectivity index (χ3v) is 7.39. The van der Waals surface area contributed by atoms with Gasteiger partial charge in [-0.1, -0.05) is 78.9 Å². The van der Waals surface area contributed by atoms with Crippen molar-refractivity contribution in [1.82, 2.24) is 14.8 Å². The van der Waals surface area contributed by atoms with Crippen molar-refractivity contribution in [2.75, 3.05) is 51.7 Å². The van der Waals surface area contributed by atoms with Crippen molar-refractivity contribution >= 4 is 22.6 Å². The van der Waals surface area contributed by atoms with E-state index in [0.29, 0.717) is 0 Å². The molecule has 3 aromatic carbocycles. The number of rotatable bonds is 7. The lowest BCUT2D eigenvalue weighted by Crippen LogP contribution is -2.50. The number of likely N-dealkylation sites (N-methyl/N-ethyl adjacent to an activating group) is 1. The normalized spacial score (nSPS) is 14.7. The average Bonchev–Trinajstić information content (AvgIpc) is 2.94. The Labute approximate surface area is 214 Å². The number of hydrogen-bond donors (Lipinski definition) is 0. The highest BCUT2D eigenvalue weighted by Gasteiger charge is 2.43. The Morgan fingerprint density at radius 3 is 1.97 bits per heavy atom. The molecule has 0 bridgehead atoms. The summed E-state index contributed by atoms with van der Waals surface area (Å²) in [5.74, 6) is 1.16. The zero-order valence-corrected chi connectivity index (χ0v) is 21.2. The van der Waals surface area contributed by atoms with Gasteiger partial charge in [-0.2, -0.15) is 0 Å². The summed E-state index contributed by atoms with van der Waals surface area (Å²) >= 11 is 0. The Morgan fingerprint density at radius 2 is 1.36 bits per heavy atom. The molecule has 5 nitrogen and oxygen atoms in total. The summed E-state index contributed by atoms with van der Waals surface area (Å²) in [6.45, 7) is 4.60. The Kier molecular flexibility index (Phi) is 7.01. The Morgan fingerprint density at radius 1 is 0.778 bits per heavy atom. The van der Waals surface area contributed by atoms with Crippen molar-refractivity contribution in [1.29, 1.82) is 0 Å². The van der Waals surface area contributed by atoms with Crippen LogP contribution in [0.5, 0.6) is 0 Å². The Hall–Kier alpha value is -3.70. The van der Waals surface area contributed by atoms with Crippen LogP contribution in [0, 0.1) is 0 Å². The van der Waals surface area contributed by atoms with Crippen molar-refractivity contribution in [3.63, 3.8) is 0 Å². The van der Waals surface area contributed by atoms with Crippen LogP contribution in [0.15, 0.2) is 97.1 Å². The molecule has 0 atom stereocenters. The lowest BCUT2D eigenvalue weighted by Gasteiger charge is -2.40. The molecule has 184 valence electrons. The molecule has 0 N–H and O–H groups in total. The highest BCUT2D eigenvalue weighted by molar-refractivity contribution is 5.92. The molecule has 1 aliphatic rings. The molecule has 0 spiro atoms. The van der Waals surface area contributed by atoms with Crippen molar-refractivity contribution < 1.29 is 4.79 Å². The number of benzene rings is 3. The number of amides is 1. The fourth-order valence-corrected chi connectivity index (χ4v) is 5.39. The first-order valence-corrected chi connectivity index (χ1v) is 12.7. The van der Waals surface area contributed by atoms with Crippen LogP contribution in [-0.2, 0) is 10.2 Å². The topological polar surface area (TPSA) is 39.7 Å². The van der Waals surface area contributed by atoms with Crippen molar-refractivity contribution in [2.24, 2.45) is 0 Å². The predicted octanol–water partition coefficient (Wildman–Crippen LogP) is 4.82.